The molecule has 2 rings (SSSR count). The number of benzene rings is 1. The van der Waals surface area contributed by atoms with E-state index in [1.165, 1.54) is 0 Å². The van der Waals surface area contributed by atoms with Crippen LogP contribution in [0.25, 0.3) is 0 Å². The number of anilines is 1. The fourth-order valence-electron chi connectivity index (χ4n) is 2.79. The highest BCUT2D eigenvalue weighted by Gasteiger charge is 2.24. The number of hydrogen-bond acceptors (Lipinski definition) is 5. The molecule has 0 saturated carbocycles. The van der Waals surface area contributed by atoms with E-state index in [4.69, 9.17) is 9.47 Å². The van der Waals surface area contributed by atoms with Crippen LogP contribution in [0, 0.1) is 27.7 Å². The van der Waals surface area contributed by atoms with E-state index in [2.05, 4.69) is 10.3 Å². The molecule has 0 aliphatic carbocycles. The Morgan fingerprint density at radius 1 is 1.07 bits per heavy atom. The zero-order valence-corrected chi connectivity index (χ0v) is 17.1. The summed E-state index contributed by atoms with van der Waals surface area (Å²) >= 11 is 0. The summed E-state index contributed by atoms with van der Waals surface area (Å²) in [5, 5.41) is 2.73. The predicted octanol–water partition coefficient (Wildman–Crippen LogP) is 3.61. The van der Waals surface area contributed by atoms with Gasteiger partial charge in [-0.2, -0.15) is 0 Å². The van der Waals surface area contributed by atoms with Gasteiger partial charge in [-0.05, 0) is 64.3 Å². The Morgan fingerprint density at radius 3 is 2.39 bits per heavy atom. The van der Waals surface area contributed by atoms with Crippen molar-refractivity contribution >= 4 is 23.5 Å². The molecule has 0 fully saturated rings. The van der Waals surface area contributed by atoms with Crippen LogP contribution in [0.1, 0.15) is 57.1 Å². The Bertz CT molecular complexity index is 912. The summed E-state index contributed by atoms with van der Waals surface area (Å²) in [7, 11) is 0. The van der Waals surface area contributed by atoms with Crippen LogP contribution >= 0.6 is 0 Å². The second-order valence-corrected chi connectivity index (χ2v) is 7.02. The molecule has 7 nitrogen and oxygen atoms in total. The number of aryl methyl sites for hydroxylation is 3. The molecule has 7 heteroatoms. The monoisotopic (exact) mass is 386 g/mol. The predicted molar refractivity (Wildman–Crippen MR) is 106 cm³/mol. The van der Waals surface area contributed by atoms with Gasteiger partial charge in [-0.15, -0.1) is 0 Å². The summed E-state index contributed by atoms with van der Waals surface area (Å²) in [5.41, 5.74) is 3.98. The molecular weight excluding hydrogens is 360 g/mol. The van der Waals surface area contributed by atoms with Crippen molar-refractivity contribution in [3.8, 4) is 0 Å². The minimum absolute atomic E-state index is 0.132. The van der Waals surface area contributed by atoms with Crippen molar-refractivity contribution in [2.45, 2.75) is 47.6 Å². The number of aromatic amines is 1. The van der Waals surface area contributed by atoms with Gasteiger partial charge in [0.2, 0.25) is 0 Å². The lowest BCUT2D eigenvalue weighted by Crippen LogP contribution is -2.22. The quantitative estimate of drug-likeness (QED) is 0.739. The van der Waals surface area contributed by atoms with E-state index in [0.29, 0.717) is 22.5 Å². The molecule has 0 spiro atoms. The molecule has 1 aromatic heterocycles. The Kier molecular flexibility index (Phi) is 6.62. The van der Waals surface area contributed by atoms with Gasteiger partial charge < -0.3 is 19.8 Å². The number of hydrogen-bond donors (Lipinski definition) is 2. The van der Waals surface area contributed by atoms with Crippen LogP contribution in [0.5, 0.6) is 0 Å². The Hall–Kier alpha value is -3.09. The van der Waals surface area contributed by atoms with Crippen molar-refractivity contribution in [3.05, 3.63) is 51.8 Å². The Balaban J connectivity index is 2.04. The summed E-state index contributed by atoms with van der Waals surface area (Å²) in [6.45, 7) is 10.2. The average molecular weight is 386 g/mol. The summed E-state index contributed by atoms with van der Waals surface area (Å²) in [6, 6.07) is 5.70. The van der Waals surface area contributed by atoms with E-state index >= 15 is 0 Å². The van der Waals surface area contributed by atoms with Gasteiger partial charge in [0, 0.05) is 11.4 Å². The molecule has 150 valence electrons. The number of aromatic nitrogens is 1. The van der Waals surface area contributed by atoms with Crippen LogP contribution in [0.2, 0.25) is 0 Å². The lowest BCUT2D eigenvalue weighted by atomic mass is 10.1. The first-order chi connectivity index (χ1) is 13.1. The van der Waals surface area contributed by atoms with Gasteiger partial charge in [0.1, 0.15) is 5.69 Å². The lowest BCUT2D eigenvalue weighted by Gasteiger charge is -2.10. The highest BCUT2D eigenvalue weighted by molar-refractivity contribution is 6.00. The highest BCUT2D eigenvalue weighted by Crippen LogP contribution is 2.21. The van der Waals surface area contributed by atoms with Gasteiger partial charge in [-0.25, -0.2) is 9.59 Å². The highest BCUT2D eigenvalue weighted by atomic mass is 16.5. The minimum Gasteiger partial charge on any atom is -0.459 e. The number of H-pyrrole nitrogens is 1. The number of ether oxygens (including phenoxy) is 2. The van der Waals surface area contributed by atoms with E-state index in [-0.39, 0.29) is 11.8 Å². The number of amides is 1. The van der Waals surface area contributed by atoms with Crippen molar-refractivity contribution in [2.24, 2.45) is 0 Å². The third-order valence-corrected chi connectivity index (χ3v) is 4.19. The zero-order chi connectivity index (χ0) is 21.0. The molecule has 0 radical (unpaired) electrons. The number of carbonyl (C=O) groups excluding carboxylic acids is 3. The van der Waals surface area contributed by atoms with Crippen molar-refractivity contribution < 1.29 is 23.9 Å². The van der Waals surface area contributed by atoms with Crippen molar-refractivity contribution in [1.29, 1.82) is 0 Å². The van der Waals surface area contributed by atoms with Crippen LogP contribution in [0.4, 0.5) is 5.69 Å². The normalized spacial score (nSPS) is 10.7. The maximum absolute atomic E-state index is 12.4. The molecule has 0 aliphatic heterocycles. The van der Waals surface area contributed by atoms with Gasteiger partial charge in [-0.1, -0.05) is 12.1 Å². The van der Waals surface area contributed by atoms with Crippen LogP contribution in [0.3, 0.4) is 0 Å². The van der Waals surface area contributed by atoms with E-state index in [1.54, 1.807) is 27.7 Å². The van der Waals surface area contributed by atoms with Crippen LogP contribution < -0.4 is 5.32 Å². The van der Waals surface area contributed by atoms with Gasteiger partial charge >= 0.3 is 11.9 Å². The maximum Gasteiger partial charge on any atom is 0.355 e. The fraction of sp³-hybridized carbons (Fsp3) is 0.381. The van der Waals surface area contributed by atoms with Gasteiger partial charge in [0.15, 0.2) is 6.61 Å². The maximum atomic E-state index is 12.4. The summed E-state index contributed by atoms with van der Waals surface area (Å²) in [4.78, 5) is 39.5. The molecule has 0 bridgehead atoms. The van der Waals surface area contributed by atoms with E-state index in [9.17, 15) is 14.4 Å². The smallest absolute Gasteiger partial charge is 0.355 e. The minimum atomic E-state index is -0.708. The van der Waals surface area contributed by atoms with E-state index in [0.717, 1.165) is 11.1 Å². The Morgan fingerprint density at radius 2 is 1.75 bits per heavy atom. The topological polar surface area (TPSA) is 97.5 Å². The number of carbonyl (C=O) groups is 3. The number of nitrogens with one attached hydrogen (secondary N) is 2. The van der Waals surface area contributed by atoms with Gasteiger partial charge in [0.05, 0.1) is 11.7 Å². The average Bonchev–Trinajstić information content (AvgIpc) is 2.90. The third kappa shape index (κ3) is 5.00. The summed E-state index contributed by atoms with van der Waals surface area (Å²) in [6.07, 6.45) is -0.273. The molecular formula is C21H26N2O5. The molecule has 2 N–H and O–H groups in total. The molecule has 0 aliphatic rings. The van der Waals surface area contributed by atoms with Crippen molar-refractivity contribution in [1.82, 2.24) is 4.98 Å². The van der Waals surface area contributed by atoms with Gasteiger partial charge in [-0.3, -0.25) is 4.79 Å². The molecule has 1 aromatic carbocycles. The van der Waals surface area contributed by atoms with Crippen LogP contribution in [-0.4, -0.2) is 35.5 Å². The second kappa shape index (κ2) is 8.73. The Labute approximate surface area is 164 Å². The van der Waals surface area contributed by atoms with Crippen molar-refractivity contribution in [3.63, 3.8) is 0 Å². The standard InChI is InChI=1S/C21H26N2O5/c1-11(2)28-20(25)18-14(5)19(22-15(18)6)21(26)27-10-17(24)23-16-9-12(3)7-8-13(16)4/h7-9,11,22H,10H2,1-6H3,(H,23,24). The van der Waals surface area contributed by atoms with Crippen LogP contribution in [0.15, 0.2) is 18.2 Å². The molecule has 1 amide bonds. The molecule has 0 unspecified atom stereocenters. The zero-order valence-electron chi connectivity index (χ0n) is 17.1. The van der Waals surface area contributed by atoms with E-state index < -0.39 is 24.5 Å². The fourth-order valence-corrected chi connectivity index (χ4v) is 2.79. The third-order valence-electron chi connectivity index (χ3n) is 4.19. The SMILES string of the molecule is Cc1ccc(C)c(NC(=O)COC(=O)c2[nH]c(C)c(C(=O)OC(C)C)c2C)c1. The largest absolute Gasteiger partial charge is 0.459 e. The first-order valence-electron chi connectivity index (χ1n) is 9.04. The molecule has 2 aromatic rings. The van der Waals surface area contributed by atoms with E-state index in [1.807, 2.05) is 32.0 Å². The molecule has 0 atom stereocenters. The number of esters is 2. The van der Waals surface area contributed by atoms with Crippen molar-refractivity contribution in [2.75, 3.05) is 11.9 Å². The molecule has 1 heterocycles. The summed E-state index contributed by atoms with van der Waals surface area (Å²) < 4.78 is 10.3. The second-order valence-electron chi connectivity index (χ2n) is 7.02. The van der Waals surface area contributed by atoms with Crippen LogP contribution in [-0.2, 0) is 14.3 Å². The number of rotatable bonds is 6. The molecule has 28 heavy (non-hydrogen) atoms. The van der Waals surface area contributed by atoms with Gasteiger partial charge in [0.25, 0.3) is 5.91 Å². The first kappa shape index (κ1) is 21.2. The first-order valence-corrected chi connectivity index (χ1v) is 9.04. The molecule has 0 saturated heterocycles. The summed E-state index contributed by atoms with van der Waals surface area (Å²) in [5.74, 6) is -1.66. The lowest BCUT2D eigenvalue weighted by molar-refractivity contribution is -0.119.